The number of ether oxygens (including phenoxy) is 1. The van der Waals surface area contributed by atoms with Gasteiger partial charge in [-0.05, 0) is 69.7 Å². The molecule has 27 heavy (non-hydrogen) atoms. The lowest BCUT2D eigenvalue weighted by molar-refractivity contribution is -0.127. The van der Waals surface area contributed by atoms with Crippen molar-refractivity contribution in [2.24, 2.45) is 5.92 Å². The van der Waals surface area contributed by atoms with Gasteiger partial charge >= 0.3 is 0 Å². The van der Waals surface area contributed by atoms with E-state index in [1.165, 1.54) is 0 Å². The number of hydrogen-bond acceptors (Lipinski definition) is 3. The molecule has 0 aromatic heterocycles. The second kappa shape index (κ2) is 9.56. The van der Waals surface area contributed by atoms with Crippen molar-refractivity contribution < 1.29 is 14.3 Å². The number of nitrogens with zero attached hydrogens (tertiary/aromatic N) is 1. The van der Waals surface area contributed by atoms with Crippen LogP contribution in [0.5, 0.6) is 0 Å². The Labute approximate surface area is 166 Å². The molecule has 2 amide bonds. The summed E-state index contributed by atoms with van der Waals surface area (Å²) in [7, 11) is 0. The third-order valence-corrected chi connectivity index (χ3v) is 5.76. The van der Waals surface area contributed by atoms with Gasteiger partial charge in [0.15, 0.2) is 0 Å². The van der Waals surface area contributed by atoms with E-state index in [0.29, 0.717) is 29.8 Å². The molecule has 0 saturated carbocycles. The monoisotopic (exact) mass is 392 g/mol. The molecule has 2 saturated heterocycles. The van der Waals surface area contributed by atoms with Crippen LogP contribution in [-0.4, -0.2) is 48.6 Å². The molecule has 2 aliphatic heterocycles. The minimum atomic E-state index is -0.139. The first-order chi connectivity index (χ1) is 13.0. The van der Waals surface area contributed by atoms with Gasteiger partial charge in [0.2, 0.25) is 5.91 Å². The number of piperidine rings is 1. The van der Waals surface area contributed by atoms with Crippen LogP contribution >= 0.6 is 11.6 Å². The van der Waals surface area contributed by atoms with Crippen LogP contribution in [0.15, 0.2) is 24.3 Å². The quantitative estimate of drug-likeness (QED) is 0.803. The van der Waals surface area contributed by atoms with Crippen molar-refractivity contribution in [1.29, 1.82) is 0 Å². The highest BCUT2D eigenvalue weighted by Gasteiger charge is 2.29. The minimum Gasteiger partial charge on any atom is -0.378 e. The average Bonchev–Trinajstić information content (AvgIpc) is 3.20. The van der Waals surface area contributed by atoms with Crippen LogP contribution in [0.2, 0.25) is 5.02 Å². The summed E-state index contributed by atoms with van der Waals surface area (Å²) >= 11 is 5.90. The van der Waals surface area contributed by atoms with E-state index in [4.69, 9.17) is 16.3 Å². The van der Waals surface area contributed by atoms with E-state index < -0.39 is 0 Å². The summed E-state index contributed by atoms with van der Waals surface area (Å²) in [6, 6.07) is 7.05. The summed E-state index contributed by atoms with van der Waals surface area (Å²) in [4.78, 5) is 27.1. The molecule has 3 rings (SSSR count). The normalized spacial score (nSPS) is 23.9. The van der Waals surface area contributed by atoms with Crippen LogP contribution in [0.4, 0.5) is 0 Å². The highest BCUT2D eigenvalue weighted by molar-refractivity contribution is 6.30. The lowest BCUT2D eigenvalue weighted by atomic mass is 9.95. The molecule has 2 fully saturated rings. The molecule has 0 bridgehead atoms. The molecule has 1 aromatic carbocycles. The molecule has 1 N–H and O–H groups in total. The Morgan fingerprint density at radius 2 is 2.04 bits per heavy atom. The molecule has 148 valence electrons. The zero-order valence-electron chi connectivity index (χ0n) is 16.0. The zero-order valence-corrected chi connectivity index (χ0v) is 16.7. The molecule has 3 atom stereocenters. The van der Waals surface area contributed by atoms with Gasteiger partial charge in [0.25, 0.3) is 5.91 Å². The van der Waals surface area contributed by atoms with E-state index in [1.54, 1.807) is 29.2 Å². The maximum absolute atomic E-state index is 12.7. The number of benzene rings is 1. The Kier molecular flexibility index (Phi) is 7.13. The summed E-state index contributed by atoms with van der Waals surface area (Å²) in [5.41, 5.74) is 0.616. The van der Waals surface area contributed by atoms with Gasteiger partial charge in [-0.15, -0.1) is 0 Å². The van der Waals surface area contributed by atoms with Gasteiger partial charge < -0.3 is 15.0 Å². The molecular weight excluding hydrogens is 364 g/mol. The molecule has 2 heterocycles. The molecule has 2 aliphatic rings. The van der Waals surface area contributed by atoms with Crippen molar-refractivity contribution in [2.75, 3.05) is 19.7 Å². The fourth-order valence-corrected chi connectivity index (χ4v) is 4.02. The van der Waals surface area contributed by atoms with Crippen molar-refractivity contribution in [3.8, 4) is 0 Å². The fourth-order valence-electron chi connectivity index (χ4n) is 3.89. The first-order valence-electron chi connectivity index (χ1n) is 9.99. The van der Waals surface area contributed by atoms with E-state index in [9.17, 15) is 9.59 Å². The molecule has 1 aromatic rings. The second-order valence-corrected chi connectivity index (χ2v) is 8.16. The molecule has 0 spiro atoms. The van der Waals surface area contributed by atoms with Gasteiger partial charge in [-0.25, -0.2) is 0 Å². The van der Waals surface area contributed by atoms with Crippen molar-refractivity contribution in [3.63, 3.8) is 0 Å². The van der Waals surface area contributed by atoms with E-state index in [2.05, 4.69) is 5.32 Å². The van der Waals surface area contributed by atoms with E-state index in [-0.39, 0.29) is 23.8 Å². The van der Waals surface area contributed by atoms with Crippen molar-refractivity contribution in [2.45, 2.75) is 57.6 Å². The summed E-state index contributed by atoms with van der Waals surface area (Å²) in [5.74, 6) is -0.112. The number of halogens is 1. The fraction of sp³-hybridized carbons (Fsp3) is 0.619. The number of carbonyl (C=O) groups is 2. The predicted molar refractivity (Wildman–Crippen MR) is 106 cm³/mol. The smallest absolute Gasteiger partial charge is 0.253 e. The third kappa shape index (κ3) is 5.69. The minimum absolute atomic E-state index is 0.0319. The van der Waals surface area contributed by atoms with Crippen LogP contribution in [0, 0.1) is 5.92 Å². The van der Waals surface area contributed by atoms with Crippen LogP contribution < -0.4 is 5.32 Å². The van der Waals surface area contributed by atoms with Gasteiger partial charge in [0.1, 0.15) is 0 Å². The van der Waals surface area contributed by atoms with Crippen LogP contribution in [0.3, 0.4) is 0 Å². The predicted octanol–water partition coefficient (Wildman–Crippen LogP) is 3.66. The second-order valence-electron chi connectivity index (χ2n) is 7.72. The third-order valence-electron chi connectivity index (χ3n) is 5.50. The van der Waals surface area contributed by atoms with Crippen molar-refractivity contribution >= 4 is 23.4 Å². The van der Waals surface area contributed by atoms with Crippen LogP contribution in [-0.2, 0) is 9.53 Å². The molecule has 0 radical (unpaired) electrons. The molecule has 3 unspecified atom stereocenters. The average molecular weight is 393 g/mol. The summed E-state index contributed by atoms with van der Waals surface area (Å²) in [6.07, 6.45) is 6.22. The highest BCUT2D eigenvalue weighted by atomic mass is 35.5. The SMILES string of the molecule is CC(CCC1CCCO1)NC(=O)C1CCCN(C(=O)c2ccc(Cl)cc2)C1. The Bertz CT molecular complexity index is 643. The first kappa shape index (κ1) is 20.2. The van der Waals surface area contributed by atoms with Gasteiger partial charge in [-0.2, -0.15) is 0 Å². The van der Waals surface area contributed by atoms with Crippen molar-refractivity contribution in [1.82, 2.24) is 10.2 Å². The van der Waals surface area contributed by atoms with Gasteiger partial charge in [0, 0.05) is 36.3 Å². The number of rotatable bonds is 6. The largest absolute Gasteiger partial charge is 0.378 e. The zero-order chi connectivity index (χ0) is 19.2. The number of amides is 2. The molecular formula is C21H29ClN2O3. The maximum atomic E-state index is 12.7. The van der Waals surface area contributed by atoms with Crippen LogP contribution in [0.25, 0.3) is 0 Å². The molecule has 5 nitrogen and oxygen atoms in total. The summed E-state index contributed by atoms with van der Waals surface area (Å²) < 4.78 is 5.65. The number of nitrogens with one attached hydrogen (secondary N) is 1. The summed E-state index contributed by atoms with van der Waals surface area (Å²) in [5, 5.41) is 3.74. The lowest BCUT2D eigenvalue weighted by Gasteiger charge is -2.32. The van der Waals surface area contributed by atoms with Gasteiger partial charge in [-0.1, -0.05) is 11.6 Å². The molecule has 0 aliphatic carbocycles. The number of hydrogen-bond donors (Lipinski definition) is 1. The Balaban J connectivity index is 1.48. The molecule has 6 heteroatoms. The Morgan fingerprint density at radius 1 is 1.26 bits per heavy atom. The standard InChI is InChI=1S/C21H29ClN2O3/c1-15(6-11-19-5-3-13-27-19)23-20(25)17-4-2-12-24(14-17)21(26)16-7-9-18(22)10-8-16/h7-10,15,17,19H,2-6,11-14H2,1H3,(H,23,25). The van der Waals surface area contributed by atoms with Gasteiger partial charge in [-0.3, -0.25) is 9.59 Å². The van der Waals surface area contributed by atoms with E-state index in [0.717, 1.165) is 45.1 Å². The highest BCUT2D eigenvalue weighted by Crippen LogP contribution is 2.21. The Hall–Kier alpha value is -1.59. The number of carbonyl (C=O) groups excluding carboxylic acids is 2. The number of likely N-dealkylation sites (tertiary alicyclic amines) is 1. The summed E-state index contributed by atoms with van der Waals surface area (Å²) in [6.45, 7) is 4.09. The van der Waals surface area contributed by atoms with E-state index >= 15 is 0 Å². The Morgan fingerprint density at radius 3 is 2.74 bits per heavy atom. The first-order valence-corrected chi connectivity index (χ1v) is 10.4. The topological polar surface area (TPSA) is 58.6 Å². The lowest BCUT2D eigenvalue weighted by Crippen LogP contribution is -2.47. The van der Waals surface area contributed by atoms with Gasteiger partial charge in [0.05, 0.1) is 12.0 Å². The van der Waals surface area contributed by atoms with Crippen LogP contribution in [0.1, 0.15) is 55.8 Å². The van der Waals surface area contributed by atoms with Crippen molar-refractivity contribution in [3.05, 3.63) is 34.9 Å². The van der Waals surface area contributed by atoms with E-state index in [1.807, 2.05) is 6.92 Å². The maximum Gasteiger partial charge on any atom is 0.253 e.